The van der Waals surface area contributed by atoms with Crippen LogP contribution in [0, 0.1) is 23.2 Å². The van der Waals surface area contributed by atoms with E-state index in [4.69, 9.17) is 0 Å². The molecule has 0 bridgehead atoms. The maximum atomic E-state index is 12.5. The number of hydrogen-bond acceptors (Lipinski definition) is 2. The predicted octanol–water partition coefficient (Wildman–Crippen LogP) is 5.37. The number of fused-ring (bicyclic) bond motifs is 5. The number of rotatable bonds is 5. The van der Waals surface area contributed by atoms with Gasteiger partial charge in [0.2, 0.25) is 0 Å². The molecule has 0 aromatic heterocycles. The molecule has 2 fully saturated rings. The summed E-state index contributed by atoms with van der Waals surface area (Å²) in [5, 5.41) is 20.6. The molecule has 1 aromatic carbocycles. The number of aliphatic hydroxyl groups is 1. The van der Waals surface area contributed by atoms with Crippen molar-refractivity contribution in [1.82, 2.24) is 0 Å². The molecule has 1 aromatic rings. The van der Waals surface area contributed by atoms with E-state index < -0.39 is 0 Å². The van der Waals surface area contributed by atoms with Crippen LogP contribution in [0.25, 0.3) is 0 Å². The quantitative estimate of drug-likeness (QED) is 0.694. The van der Waals surface area contributed by atoms with Gasteiger partial charge in [-0.2, -0.15) is 0 Å². The van der Waals surface area contributed by atoms with Gasteiger partial charge in [0.05, 0.1) is 12.8 Å². The maximum absolute atomic E-state index is 12.5. The van der Waals surface area contributed by atoms with Gasteiger partial charge in [0.25, 0.3) is 0 Å². The van der Waals surface area contributed by atoms with Crippen molar-refractivity contribution in [2.75, 3.05) is 6.67 Å². The number of unbranched alkanes of at least 4 members (excludes halogenated alkanes) is 2. The standard InChI is InChI=1S/C23H33FO2/c1-23-11-10-19-18-7-6-17(25)14-16(18)13-15(5-3-2-4-12-24)22(19)20(23)8-9-21(23)26/h6-7,14-15,19-22,25-26H,2-5,8-13H2,1H3/t15?,19-,20+,21+,22-,23+/m1/s1. The van der Waals surface area contributed by atoms with Gasteiger partial charge in [0.1, 0.15) is 5.75 Å². The van der Waals surface area contributed by atoms with Crippen LogP contribution < -0.4 is 0 Å². The number of phenols is 1. The Labute approximate surface area is 156 Å². The lowest BCUT2D eigenvalue weighted by Gasteiger charge is -2.53. The Balaban J connectivity index is 1.64. The fourth-order valence-corrected chi connectivity index (χ4v) is 6.71. The summed E-state index contributed by atoms with van der Waals surface area (Å²) >= 11 is 0. The number of benzene rings is 1. The molecule has 0 heterocycles. The Kier molecular flexibility index (Phi) is 5.02. The zero-order valence-electron chi connectivity index (χ0n) is 16.0. The number of halogens is 1. The van der Waals surface area contributed by atoms with Crippen LogP contribution in [0.3, 0.4) is 0 Å². The molecule has 144 valence electrons. The lowest BCUT2D eigenvalue weighted by Crippen LogP contribution is -2.47. The topological polar surface area (TPSA) is 40.5 Å². The van der Waals surface area contributed by atoms with E-state index in [0.717, 1.165) is 51.4 Å². The van der Waals surface area contributed by atoms with E-state index in [9.17, 15) is 14.6 Å². The van der Waals surface area contributed by atoms with E-state index in [0.29, 0.717) is 35.8 Å². The zero-order valence-corrected chi connectivity index (χ0v) is 16.0. The summed E-state index contributed by atoms with van der Waals surface area (Å²) in [4.78, 5) is 0. The summed E-state index contributed by atoms with van der Waals surface area (Å²) in [5.41, 5.74) is 2.84. The molecular formula is C23H33FO2. The second-order valence-corrected chi connectivity index (χ2v) is 9.31. The summed E-state index contributed by atoms with van der Waals surface area (Å²) < 4.78 is 12.5. The summed E-state index contributed by atoms with van der Waals surface area (Å²) in [6.45, 7) is 2.11. The molecule has 0 radical (unpaired) electrons. The highest BCUT2D eigenvalue weighted by molar-refractivity contribution is 5.40. The minimum Gasteiger partial charge on any atom is -0.508 e. The van der Waals surface area contributed by atoms with Crippen molar-refractivity contribution in [2.45, 2.75) is 76.7 Å². The molecule has 26 heavy (non-hydrogen) atoms. The average molecular weight is 361 g/mol. The van der Waals surface area contributed by atoms with E-state index in [1.807, 2.05) is 12.1 Å². The third-order valence-electron chi connectivity index (χ3n) is 8.04. The summed E-state index contributed by atoms with van der Waals surface area (Å²) in [7, 11) is 0. The normalized spacial score (nSPS) is 38.5. The second kappa shape index (κ2) is 7.14. The van der Waals surface area contributed by atoms with Crippen LogP contribution >= 0.6 is 0 Å². The monoisotopic (exact) mass is 360 g/mol. The van der Waals surface area contributed by atoms with Crippen molar-refractivity contribution in [1.29, 1.82) is 0 Å². The van der Waals surface area contributed by atoms with Crippen LogP contribution in [-0.4, -0.2) is 23.0 Å². The summed E-state index contributed by atoms with van der Waals surface area (Å²) in [6.07, 6.45) is 9.12. The third kappa shape index (κ3) is 2.96. The molecule has 2 nitrogen and oxygen atoms in total. The highest BCUT2D eigenvalue weighted by Gasteiger charge is 2.56. The number of alkyl halides is 1. The van der Waals surface area contributed by atoms with Gasteiger partial charge >= 0.3 is 0 Å². The van der Waals surface area contributed by atoms with Crippen molar-refractivity contribution >= 4 is 0 Å². The SMILES string of the molecule is C[C@]12CC[C@@H]3c4ccc(O)cc4CC(CCCCCF)[C@H]3[C@@H]1CC[C@@H]2O. The smallest absolute Gasteiger partial charge is 0.115 e. The van der Waals surface area contributed by atoms with Gasteiger partial charge in [0, 0.05) is 0 Å². The number of phenolic OH excluding ortho intramolecular Hbond substituents is 1. The molecule has 3 aliphatic carbocycles. The van der Waals surface area contributed by atoms with Gasteiger partial charge in [-0.05, 0) is 97.3 Å². The van der Waals surface area contributed by atoms with E-state index >= 15 is 0 Å². The minimum atomic E-state index is -0.208. The van der Waals surface area contributed by atoms with Gasteiger partial charge in [-0.15, -0.1) is 0 Å². The van der Waals surface area contributed by atoms with E-state index in [1.165, 1.54) is 11.1 Å². The van der Waals surface area contributed by atoms with Crippen molar-refractivity contribution < 1.29 is 14.6 Å². The second-order valence-electron chi connectivity index (χ2n) is 9.31. The molecule has 1 unspecified atom stereocenters. The lowest BCUT2D eigenvalue weighted by atomic mass is 9.52. The van der Waals surface area contributed by atoms with Gasteiger partial charge in [-0.1, -0.05) is 25.8 Å². The molecule has 4 rings (SSSR count). The van der Waals surface area contributed by atoms with Crippen molar-refractivity contribution in [3.63, 3.8) is 0 Å². The molecular weight excluding hydrogens is 327 g/mol. The molecule has 2 N–H and O–H groups in total. The van der Waals surface area contributed by atoms with Gasteiger partial charge in [0.15, 0.2) is 0 Å². The summed E-state index contributed by atoms with van der Waals surface area (Å²) in [6, 6.07) is 5.96. The molecule has 6 atom stereocenters. The fourth-order valence-electron chi connectivity index (χ4n) is 6.71. The van der Waals surface area contributed by atoms with E-state index in [1.54, 1.807) is 0 Å². The Morgan fingerprint density at radius 3 is 2.81 bits per heavy atom. The number of aliphatic hydroxyl groups excluding tert-OH is 1. The van der Waals surface area contributed by atoms with Crippen LogP contribution in [0.15, 0.2) is 18.2 Å². The largest absolute Gasteiger partial charge is 0.508 e. The molecule has 0 spiro atoms. The van der Waals surface area contributed by atoms with Gasteiger partial charge in [-0.25, -0.2) is 0 Å². The first-order valence-electron chi connectivity index (χ1n) is 10.6. The summed E-state index contributed by atoms with van der Waals surface area (Å²) in [5.74, 6) is 2.77. The number of hydrogen-bond donors (Lipinski definition) is 2. The lowest BCUT2D eigenvalue weighted by molar-refractivity contribution is -0.0396. The van der Waals surface area contributed by atoms with E-state index in [2.05, 4.69) is 13.0 Å². The minimum absolute atomic E-state index is 0.0762. The molecule has 2 saturated carbocycles. The van der Waals surface area contributed by atoms with Crippen molar-refractivity contribution in [3.8, 4) is 5.75 Å². The maximum Gasteiger partial charge on any atom is 0.115 e. The molecule has 0 saturated heterocycles. The number of aromatic hydroxyl groups is 1. The first-order valence-corrected chi connectivity index (χ1v) is 10.6. The van der Waals surface area contributed by atoms with Gasteiger partial charge in [-0.3, -0.25) is 4.39 Å². The van der Waals surface area contributed by atoms with Crippen molar-refractivity contribution in [3.05, 3.63) is 29.3 Å². The Morgan fingerprint density at radius 1 is 1.15 bits per heavy atom. The Hall–Kier alpha value is -1.09. The van der Waals surface area contributed by atoms with E-state index in [-0.39, 0.29) is 18.2 Å². The van der Waals surface area contributed by atoms with Crippen LogP contribution in [0.1, 0.15) is 75.3 Å². The highest BCUT2D eigenvalue weighted by atomic mass is 19.1. The van der Waals surface area contributed by atoms with Crippen LogP contribution in [0.2, 0.25) is 0 Å². The molecule has 0 aliphatic heterocycles. The zero-order chi connectivity index (χ0) is 18.3. The molecule has 3 heteroatoms. The van der Waals surface area contributed by atoms with Crippen LogP contribution in [0.5, 0.6) is 5.75 Å². The predicted molar refractivity (Wildman–Crippen MR) is 102 cm³/mol. The van der Waals surface area contributed by atoms with Crippen molar-refractivity contribution in [2.24, 2.45) is 23.2 Å². The first-order chi connectivity index (χ1) is 12.5. The highest BCUT2D eigenvalue weighted by Crippen LogP contribution is 2.62. The third-order valence-corrected chi connectivity index (χ3v) is 8.04. The Morgan fingerprint density at radius 2 is 2.00 bits per heavy atom. The average Bonchev–Trinajstić information content (AvgIpc) is 2.93. The van der Waals surface area contributed by atoms with Crippen LogP contribution in [0.4, 0.5) is 4.39 Å². The van der Waals surface area contributed by atoms with Crippen LogP contribution in [-0.2, 0) is 6.42 Å². The Bertz CT molecular complexity index is 645. The fraction of sp³-hybridized carbons (Fsp3) is 0.739. The molecule has 3 aliphatic rings. The first kappa shape index (κ1) is 18.3. The van der Waals surface area contributed by atoms with Gasteiger partial charge < -0.3 is 10.2 Å². The molecule has 0 amide bonds.